The molecule has 0 spiro atoms. The molecule has 174 valence electrons. The van der Waals surface area contributed by atoms with Crippen molar-refractivity contribution in [2.75, 3.05) is 36.8 Å². The Morgan fingerprint density at radius 3 is 2.58 bits per heavy atom. The Bertz CT molecular complexity index is 1140. The quantitative estimate of drug-likeness (QED) is 0.428. The molecule has 4 N–H and O–H groups in total. The van der Waals surface area contributed by atoms with Crippen molar-refractivity contribution in [3.63, 3.8) is 0 Å². The van der Waals surface area contributed by atoms with Crippen LogP contribution >= 0.6 is 11.6 Å². The molecule has 0 aliphatic carbocycles. The number of aromatic amines is 1. The zero-order valence-electron chi connectivity index (χ0n) is 18.8. The topological polar surface area (TPSA) is 93.8 Å². The van der Waals surface area contributed by atoms with Gasteiger partial charge >= 0.3 is 0 Å². The van der Waals surface area contributed by atoms with Gasteiger partial charge in [-0.25, -0.2) is 9.37 Å². The Morgan fingerprint density at radius 1 is 1.12 bits per heavy atom. The van der Waals surface area contributed by atoms with Gasteiger partial charge in [-0.2, -0.15) is 10.1 Å². The van der Waals surface area contributed by atoms with Gasteiger partial charge in [-0.05, 0) is 69.0 Å². The van der Waals surface area contributed by atoms with Gasteiger partial charge in [-0.3, -0.25) is 10.00 Å². The van der Waals surface area contributed by atoms with Crippen LogP contribution in [0.3, 0.4) is 0 Å². The van der Waals surface area contributed by atoms with Gasteiger partial charge in [0, 0.05) is 30.9 Å². The largest absolute Gasteiger partial charge is 0.322 e. The minimum Gasteiger partial charge on any atom is -0.322 e. The van der Waals surface area contributed by atoms with Gasteiger partial charge < -0.3 is 16.0 Å². The van der Waals surface area contributed by atoms with Crippen LogP contribution in [0.2, 0.25) is 5.02 Å². The van der Waals surface area contributed by atoms with Crippen molar-refractivity contribution in [1.29, 1.82) is 0 Å². The summed E-state index contributed by atoms with van der Waals surface area (Å²) in [5.41, 5.74) is 3.42. The average molecular weight is 471 g/mol. The highest BCUT2D eigenvalue weighted by Crippen LogP contribution is 2.34. The zero-order valence-corrected chi connectivity index (χ0v) is 19.5. The summed E-state index contributed by atoms with van der Waals surface area (Å²) in [4.78, 5) is 11.2. The molecule has 2 aromatic heterocycles. The summed E-state index contributed by atoms with van der Waals surface area (Å²) in [6, 6.07) is 6.02. The number of likely N-dealkylation sites (tertiary alicyclic amines) is 1. The molecule has 0 atom stereocenters. The van der Waals surface area contributed by atoms with Crippen molar-refractivity contribution < 1.29 is 4.39 Å². The number of piperidine rings is 1. The van der Waals surface area contributed by atoms with Crippen LogP contribution in [0.15, 0.2) is 24.4 Å². The monoisotopic (exact) mass is 470 g/mol. The fraction of sp³-hybridized carbons (Fsp3) is 0.435. The van der Waals surface area contributed by atoms with Crippen LogP contribution in [0.25, 0.3) is 0 Å². The van der Waals surface area contributed by atoms with Crippen molar-refractivity contribution in [2.45, 2.75) is 38.6 Å². The average Bonchev–Trinajstić information content (AvgIpc) is 3.17. The van der Waals surface area contributed by atoms with E-state index in [4.69, 9.17) is 11.6 Å². The summed E-state index contributed by atoms with van der Waals surface area (Å²) in [7, 11) is 0. The standard InChI is InChI=1S/C23H28ClFN8/c1-13-7-20(19(25)9-17(13)15-3-5-33(6-4-15)16-10-26-11-16)28-23-27-12-18(24)22(30-23)29-21-8-14(2)31-32-21/h7-9,12,15-16,26H,3-6,10-11H2,1-2H3,(H3,27,28,29,30,31,32). The molecule has 0 radical (unpaired) electrons. The number of H-pyrrole nitrogens is 1. The van der Waals surface area contributed by atoms with Crippen LogP contribution in [-0.2, 0) is 0 Å². The smallest absolute Gasteiger partial charge is 0.229 e. The predicted octanol–water partition coefficient (Wildman–Crippen LogP) is 4.25. The van der Waals surface area contributed by atoms with E-state index in [0.29, 0.717) is 34.3 Å². The van der Waals surface area contributed by atoms with E-state index in [2.05, 4.69) is 41.0 Å². The molecule has 10 heteroatoms. The van der Waals surface area contributed by atoms with Gasteiger partial charge in [0.05, 0.1) is 11.9 Å². The predicted molar refractivity (Wildman–Crippen MR) is 128 cm³/mol. The van der Waals surface area contributed by atoms with Gasteiger partial charge in [0.1, 0.15) is 10.8 Å². The molecule has 1 aromatic carbocycles. The number of anilines is 4. The molecule has 2 aliphatic heterocycles. The number of aryl methyl sites for hydroxylation is 2. The van der Waals surface area contributed by atoms with E-state index in [9.17, 15) is 0 Å². The van der Waals surface area contributed by atoms with Crippen LogP contribution < -0.4 is 16.0 Å². The van der Waals surface area contributed by atoms with E-state index in [-0.39, 0.29) is 11.8 Å². The molecule has 2 fully saturated rings. The Kier molecular flexibility index (Phi) is 6.18. The lowest BCUT2D eigenvalue weighted by Crippen LogP contribution is -2.58. The van der Waals surface area contributed by atoms with Gasteiger partial charge in [-0.1, -0.05) is 11.6 Å². The lowest BCUT2D eigenvalue weighted by molar-refractivity contribution is 0.113. The summed E-state index contributed by atoms with van der Waals surface area (Å²) < 4.78 is 15.1. The highest BCUT2D eigenvalue weighted by Gasteiger charge is 2.29. The summed E-state index contributed by atoms with van der Waals surface area (Å²) in [6.45, 7) is 8.26. The number of hydrogen-bond donors (Lipinski definition) is 4. The maximum Gasteiger partial charge on any atom is 0.229 e. The molecule has 8 nitrogen and oxygen atoms in total. The molecule has 0 amide bonds. The van der Waals surface area contributed by atoms with Crippen molar-refractivity contribution in [3.05, 3.63) is 52.1 Å². The summed E-state index contributed by atoms with van der Waals surface area (Å²) in [5, 5.41) is 16.7. The molecule has 2 aliphatic rings. The van der Waals surface area contributed by atoms with E-state index < -0.39 is 0 Å². The molecule has 2 saturated heterocycles. The molecule has 0 bridgehead atoms. The Labute approximate surface area is 197 Å². The van der Waals surface area contributed by atoms with Crippen molar-refractivity contribution in [2.24, 2.45) is 0 Å². The molecular weight excluding hydrogens is 443 g/mol. The van der Waals surface area contributed by atoms with E-state index in [1.54, 1.807) is 6.07 Å². The second-order valence-electron chi connectivity index (χ2n) is 8.89. The Morgan fingerprint density at radius 2 is 1.91 bits per heavy atom. The first-order chi connectivity index (χ1) is 16.0. The summed E-state index contributed by atoms with van der Waals surface area (Å²) >= 11 is 6.23. The van der Waals surface area contributed by atoms with Gasteiger partial charge in [0.15, 0.2) is 11.6 Å². The molecular formula is C23H28ClFN8. The van der Waals surface area contributed by atoms with E-state index >= 15 is 4.39 Å². The van der Waals surface area contributed by atoms with Crippen LogP contribution in [0.5, 0.6) is 0 Å². The third-order valence-electron chi connectivity index (χ3n) is 6.54. The van der Waals surface area contributed by atoms with Crippen LogP contribution in [0.4, 0.5) is 27.7 Å². The number of hydrogen-bond acceptors (Lipinski definition) is 7. The molecule has 0 saturated carbocycles. The van der Waals surface area contributed by atoms with Gasteiger partial charge in [-0.15, -0.1) is 0 Å². The number of nitrogens with one attached hydrogen (secondary N) is 4. The fourth-order valence-electron chi connectivity index (χ4n) is 4.58. The number of halogens is 2. The SMILES string of the molecule is Cc1cc(Nc2nc(Nc3cc(C)c(C4CCN(C5CNC5)CC4)cc3F)ncc2Cl)n[nH]1. The highest BCUT2D eigenvalue weighted by molar-refractivity contribution is 6.32. The molecule has 3 aromatic rings. The normalized spacial score (nSPS) is 17.7. The summed E-state index contributed by atoms with van der Waals surface area (Å²) in [5.74, 6) is 1.31. The third kappa shape index (κ3) is 4.80. The highest BCUT2D eigenvalue weighted by atomic mass is 35.5. The molecule has 5 rings (SSSR count). The minimum absolute atomic E-state index is 0.252. The van der Waals surface area contributed by atoms with Gasteiger partial charge in [0.25, 0.3) is 0 Å². The van der Waals surface area contributed by atoms with Crippen molar-refractivity contribution >= 4 is 34.9 Å². The van der Waals surface area contributed by atoms with E-state index in [0.717, 1.165) is 55.8 Å². The maximum absolute atomic E-state index is 15.1. The maximum atomic E-state index is 15.1. The second kappa shape index (κ2) is 9.24. The first-order valence-corrected chi connectivity index (χ1v) is 11.7. The minimum atomic E-state index is -0.308. The van der Waals surface area contributed by atoms with Crippen LogP contribution in [0, 0.1) is 19.7 Å². The van der Waals surface area contributed by atoms with Crippen LogP contribution in [-0.4, -0.2) is 57.3 Å². The lowest BCUT2D eigenvalue weighted by atomic mass is 9.85. The number of nitrogens with zero attached hydrogens (tertiary/aromatic N) is 4. The molecule has 0 unspecified atom stereocenters. The van der Waals surface area contributed by atoms with Crippen LogP contribution in [0.1, 0.15) is 35.6 Å². The molecule has 4 heterocycles. The van der Waals surface area contributed by atoms with Crippen molar-refractivity contribution in [3.8, 4) is 0 Å². The number of benzene rings is 1. The lowest BCUT2D eigenvalue weighted by Gasteiger charge is -2.42. The second-order valence-corrected chi connectivity index (χ2v) is 9.29. The number of aromatic nitrogens is 4. The molecule has 33 heavy (non-hydrogen) atoms. The first-order valence-electron chi connectivity index (χ1n) is 11.3. The Hall–Kier alpha value is -2.75. The van der Waals surface area contributed by atoms with Crippen molar-refractivity contribution in [1.82, 2.24) is 30.4 Å². The fourth-order valence-corrected chi connectivity index (χ4v) is 4.72. The Balaban J connectivity index is 1.29. The van der Waals surface area contributed by atoms with E-state index in [1.807, 2.05) is 26.0 Å². The zero-order chi connectivity index (χ0) is 22.9. The number of rotatable bonds is 6. The third-order valence-corrected chi connectivity index (χ3v) is 6.82. The van der Waals surface area contributed by atoms with E-state index in [1.165, 1.54) is 6.20 Å². The first kappa shape index (κ1) is 22.1. The summed E-state index contributed by atoms with van der Waals surface area (Å²) in [6.07, 6.45) is 3.60. The van der Waals surface area contributed by atoms with Gasteiger partial charge in [0.2, 0.25) is 5.95 Å².